The molecular weight excluding hydrogens is 593 g/mol. The van der Waals surface area contributed by atoms with Gasteiger partial charge in [0.05, 0.1) is 27.6 Å². The maximum atomic E-state index is 5.42. The van der Waals surface area contributed by atoms with E-state index in [1.54, 1.807) is 0 Å². The minimum absolute atomic E-state index is 0.854. The average molecular weight is 617 g/mol. The fraction of sp³-hybridized carbons (Fsp3) is 0. The number of fused-ring (bicyclic) bond motifs is 14. The molecule has 0 radical (unpaired) electrons. The molecule has 0 N–H and O–H groups in total. The average Bonchev–Trinajstić information content (AvgIpc) is 3.80. The number of aromatic nitrogens is 4. The lowest BCUT2D eigenvalue weighted by atomic mass is 9.97. The van der Waals surface area contributed by atoms with Crippen molar-refractivity contribution in [2.24, 2.45) is 0 Å². The van der Waals surface area contributed by atoms with E-state index in [0.717, 1.165) is 50.0 Å². The van der Waals surface area contributed by atoms with E-state index < -0.39 is 0 Å². The first-order valence-electron chi connectivity index (χ1n) is 15.8. The van der Waals surface area contributed by atoms with Gasteiger partial charge in [-0.15, -0.1) is 11.3 Å². The first-order chi connectivity index (χ1) is 23.3. The molecule has 4 nitrogen and oxygen atoms in total. The predicted octanol–water partition coefficient (Wildman–Crippen LogP) is 11.3. The number of thiophene rings is 1. The number of benzene rings is 7. The molecule has 0 saturated heterocycles. The van der Waals surface area contributed by atoms with Crippen molar-refractivity contribution in [1.29, 1.82) is 0 Å². The van der Waals surface area contributed by atoms with Crippen LogP contribution in [0.25, 0.3) is 97.4 Å². The maximum absolute atomic E-state index is 5.42. The summed E-state index contributed by atoms with van der Waals surface area (Å²) in [5, 5.41) is 8.61. The lowest BCUT2D eigenvalue weighted by Crippen LogP contribution is -1.99. The van der Waals surface area contributed by atoms with Crippen LogP contribution in [-0.2, 0) is 0 Å². The molecule has 4 heterocycles. The number of hydrogen-bond donors (Lipinski definition) is 0. The van der Waals surface area contributed by atoms with Gasteiger partial charge < -0.3 is 0 Å². The molecule has 0 saturated carbocycles. The number of pyridine rings is 1. The Labute approximate surface area is 272 Å². The van der Waals surface area contributed by atoms with E-state index in [9.17, 15) is 0 Å². The van der Waals surface area contributed by atoms with Gasteiger partial charge in [-0.1, -0.05) is 103 Å². The van der Waals surface area contributed by atoms with Crippen LogP contribution in [0.4, 0.5) is 0 Å². The molecule has 5 heteroatoms. The summed E-state index contributed by atoms with van der Waals surface area (Å²) in [6.07, 6.45) is 0. The summed E-state index contributed by atoms with van der Waals surface area (Å²) in [4.78, 5) is 10.6. The molecule has 11 rings (SSSR count). The Morgan fingerprint density at radius 2 is 1.15 bits per heavy atom. The van der Waals surface area contributed by atoms with Crippen LogP contribution in [0.1, 0.15) is 0 Å². The van der Waals surface area contributed by atoms with E-state index in [0.29, 0.717) is 0 Å². The quantitative estimate of drug-likeness (QED) is 0.181. The van der Waals surface area contributed by atoms with Crippen molar-refractivity contribution < 1.29 is 0 Å². The van der Waals surface area contributed by atoms with Crippen LogP contribution in [0.3, 0.4) is 0 Å². The van der Waals surface area contributed by atoms with Crippen LogP contribution in [0.5, 0.6) is 0 Å². The second kappa shape index (κ2) is 9.25. The van der Waals surface area contributed by atoms with E-state index in [4.69, 9.17) is 9.97 Å². The topological polar surface area (TPSA) is 35.1 Å². The molecule has 0 amide bonds. The van der Waals surface area contributed by atoms with E-state index in [1.165, 1.54) is 47.5 Å². The van der Waals surface area contributed by atoms with Gasteiger partial charge in [0.25, 0.3) is 0 Å². The highest BCUT2D eigenvalue weighted by Gasteiger charge is 2.20. The van der Waals surface area contributed by atoms with Gasteiger partial charge >= 0.3 is 0 Å². The van der Waals surface area contributed by atoms with Gasteiger partial charge in [-0.3, -0.25) is 8.97 Å². The lowest BCUT2D eigenvalue weighted by Gasteiger charge is -2.12. The highest BCUT2D eigenvalue weighted by Crippen LogP contribution is 2.41. The van der Waals surface area contributed by atoms with E-state index in [2.05, 4.69) is 155 Å². The van der Waals surface area contributed by atoms with Crippen molar-refractivity contribution in [1.82, 2.24) is 18.9 Å². The Morgan fingerprint density at radius 1 is 0.468 bits per heavy atom. The van der Waals surface area contributed by atoms with Crippen LogP contribution in [0, 0.1) is 0 Å². The zero-order valence-corrected chi connectivity index (χ0v) is 25.9. The van der Waals surface area contributed by atoms with Crippen LogP contribution >= 0.6 is 11.3 Å². The minimum atomic E-state index is 0.854. The van der Waals surface area contributed by atoms with Gasteiger partial charge in [0.15, 0.2) is 0 Å². The molecular formula is C42H24N4S. The minimum Gasteiger partial charge on any atom is -0.276 e. The summed E-state index contributed by atoms with van der Waals surface area (Å²) in [6, 6.07) is 52.2. The summed E-state index contributed by atoms with van der Waals surface area (Å²) >= 11 is 1.87. The van der Waals surface area contributed by atoms with Crippen molar-refractivity contribution in [3.8, 4) is 16.9 Å². The first-order valence-corrected chi connectivity index (χ1v) is 16.7. The molecule has 0 fully saturated rings. The highest BCUT2D eigenvalue weighted by atomic mass is 32.1. The summed E-state index contributed by atoms with van der Waals surface area (Å²) < 4.78 is 7.15. The summed E-state index contributed by atoms with van der Waals surface area (Å²) in [5.74, 6) is 1.71. The summed E-state index contributed by atoms with van der Waals surface area (Å²) in [6.45, 7) is 0. The Morgan fingerprint density at radius 3 is 2.00 bits per heavy atom. The number of para-hydroxylation sites is 2. The van der Waals surface area contributed by atoms with Crippen molar-refractivity contribution in [2.45, 2.75) is 0 Å². The van der Waals surface area contributed by atoms with Crippen LogP contribution in [0.2, 0.25) is 0 Å². The molecule has 0 aliphatic heterocycles. The fourth-order valence-electron chi connectivity index (χ4n) is 7.64. The standard InChI is InChI=1S/C42H24N4S/c1-2-12-29-27(10-1)28-11-3-4-14-31(28)40-32(29)21-23-39(44-40)46-36-22-20-25(24-37(36)45-35-18-7-6-17-34(35)43-42(45)46)26-15-9-16-33-30-13-5-8-19-38(30)47-41(26)33/h1-24H. The monoisotopic (exact) mass is 616 g/mol. The molecule has 47 heavy (non-hydrogen) atoms. The van der Waals surface area contributed by atoms with E-state index in [-0.39, 0.29) is 0 Å². The van der Waals surface area contributed by atoms with Crippen LogP contribution in [0.15, 0.2) is 146 Å². The Balaban J connectivity index is 1.22. The van der Waals surface area contributed by atoms with Gasteiger partial charge in [0.2, 0.25) is 5.78 Å². The number of rotatable bonds is 2. The molecule has 11 aromatic rings. The third kappa shape index (κ3) is 3.41. The second-order valence-electron chi connectivity index (χ2n) is 12.2. The largest absolute Gasteiger partial charge is 0.276 e. The number of hydrogen-bond acceptors (Lipinski definition) is 3. The molecule has 0 aliphatic rings. The zero-order valence-electron chi connectivity index (χ0n) is 25.1. The Bertz CT molecular complexity index is 3050. The third-order valence-electron chi connectivity index (χ3n) is 9.71. The normalized spacial score (nSPS) is 12.3. The molecule has 218 valence electrons. The predicted molar refractivity (Wildman–Crippen MR) is 198 cm³/mol. The van der Waals surface area contributed by atoms with Gasteiger partial charge in [-0.05, 0) is 69.8 Å². The second-order valence-corrected chi connectivity index (χ2v) is 13.3. The van der Waals surface area contributed by atoms with Crippen molar-refractivity contribution >= 4 is 91.8 Å². The molecule has 4 aromatic heterocycles. The molecule has 0 spiro atoms. The third-order valence-corrected chi connectivity index (χ3v) is 10.9. The zero-order chi connectivity index (χ0) is 30.6. The van der Waals surface area contributed by atoms with Gasteiger partial charge in [0.1, 0.15) is 5.82 Å². The van der Waals surface area contributed by atoms with Crippen molar-refractivity contribution in [2.75, 3.05) is 0 Å². The lowest BCUT2D eigenvalue weighted by molar-refractivity contribution is 1.06. The van der Waals surface area contributed by atoms with Crippen LogP contribution < -0.4 is 0 Å². The Hall–Kier alpha value is -6.04. The fourth-order valence-corrected chi connectivity index (χ4v) is 8.88. The first kappa shape index (κ1) is 25.2. The van der Waals surface area contributed by atoms with Crippen molar-refractivity contribution in [3.63, 3.8) is 0 Å². The highest BCUT2D eigenvalue weighted by molar-refractivity contribution is 7.26. The van der Waals surface area contributed by atoms with Gasteiger partial charge in [-0.25, -0.2) is 9.97 Å². The van der Waals surface area contributed by atoms with E-state index in [1.807, 2.05) is 11.3 Å². The van der Waals surface area contributed by atoms with Gasteiger partial charge in [0, 0.05) is 30.9 Å². The molecule has 0 aliphatic carbocycles. The molecule has 0 atom stereocenters. The maximum Gasteiger partial charge on any atom is 0.221 e. The van der Waals surface area contributed by atoms with E-state index >= 15 is 0 Å². The molecule has 7 aromatic carbocycles. The summed E-state index contributed by atoms with van der Waals surface area (Å²) in [5.41, 5.74) is 7.67. The van der Waals surface area contributed by atoms with Gasteiger partial charge in [-0.2, -0.15) is 0 Å². The molecule has 0 bridgehead atoms. The van der Waals surface area contributed by atoms with Crippen LogP contribution in [-0.4, -0.2) is 18.9 Å². The molecule has 0 unspecified atom stereocenters. The smallest absolute Gasteiger partial charge is 0.221 e. The number of nitrogens with zero attached hydrogens (tertiary/aromatic N) is 4. The number of imidazole rings is 2. The summed E-state index contributed by atoms with van der Waals surface area (Å²) in [7, 11) is 0. The SMILES string of the molecule is c1ccc2c(c1)nc1n(-c3ccc4c5ccccc5c5ccccc5c4n3)c3ccc(-c4cccc5c4sc4ccccc45)cc3n21. The van der Waals surface area contributed by atoms with Crippen molar-refractivity contribution in [3.05, 3.63) is 146 Å². The Kier molecular flexibility index (Phi) is 4.96.